The fraction of sp³-hybridized carbons (Fsp3) is 0.316. The molecule has 134 valence electrons. The van der Waals surface area contributed by atoms with Crippen molar-refractivity contribution in [1.82, 2.24) is 10.6 Å². The molecule has 0 aliphatic carbocycles. The Morgan fingerprint density at radius 1 is 1.16 bits per heavy atom. The topological polar surface area (TPSA) is 65.9 Å². The van der Waals surface area contributed by atoms with Crippen LogP contribution in [-0.4, -0.2) is 31.3 Å². The zero-order valence-corrected chi connectivity index (χ0v) is 14.6. The highest BCUT2D eigenvalue weighted by Gasteiger charge is 2.05. The molecule has 2 aromatic rings. The molecular weight excluding hydrogens is 321 g/mol. The summed E-state index contributed by atoms with van der Waals surface area (Å²) >= 11 is 0. The lowest BCUT2D eigenvalue weighted by Crippen LogP contribution is -2.38. The maximum atomic E-state index is 13.7. The fourth-order valence-electron chi connectivity index (χ4n) is 2.33. The number of nitrogens with zero attached hydrogens (tertiary/aromatic N) is 1. The number of benzene rings is 2. The molecule has 5 nitrogen and oxygen atoms in total. The summed E-state index contributed by atoms with van der Waals surface area (Å²) in [7, 11) is 1.56. The first-order valence-corrected chi connectivity index (χ1v) is 8.25. The van der Waals surface area contributed by atoms with Gasteiger partial charge in [0.15, 0.2) is 5.96 Å². The molecule has 0 aliphatic heterocycles. The van der Waals surface area contributed by atoms with Crippen LogP contribution in [0.15, 0.2) is 47.5 Å². The van der Waals surface area contributed by atoms with Gasteiger partial charge in [0.05, 0.1) is 13.7 Å². The van der Waals surface area contributed by atoms with Crippen molar-refractivity contribution in [3.05, 3.63) is 59.4 Å². The Hall–Kier alpha value is -2.76. The second kappa shape index (κ2) is 9.52. The predicted octanol–water partition coefficient (Wildman–Crippen LogP) is 2.84. The number of phenols is 1. The van der Waals surface area contributed by atoms with Gasteiger partial charge in [-0.15, -0.1) is 0 Å². The molecule has 0 heterocycles. The number of guanidine groups is 1. The van der Waals surface area contributed by atoms with Crippen LogP contribution in [0.25, 0.3) is 0 Å². The summed E-state index contributed by atoms with van der Waals surface area (Å²) in [6, 6.07) is 11.8. The number of phenolic OH excluding ortho intramolecular Hbond substituents is 1. The lowest BCUT2D eigenvalue weighted by Gasteiger charge is -2.12. The van der Waals surface area contributed by atoms with Crippen LogP contribution >= 0.6 is 0 Å². The summed E-state index contributed by atoms with van der Waals surface area (Å²) in [5.41, 5.74) is 1.37. The van der Waals surface area contributed by atoms with E-state index < -0.39 is 0 Å². The zero-order chi connectivity index (χ0) is 18.1. The minimum atomic E-state index is -0.259. The standard InChI is InChI=1S/C19H24FN3O2/c1-3-21-19(23-13-15-6-4-5-7-17(15)20)22-11-10-14-8-9-16(25-2)12-18(14)24/h4-9,12,24H,3,10-11,13H2,1-2H3,(H2,21,22,23). The second-order valence-corrected chi connectivity index (χ2v) is 5.46. The summed E-state index contributed by atoms with van der Waals surface area (Å²) in [5, 5.41) is 16.3. The Morgan fingerprint density at radius 3 is 2.64 bits per heavy atom. The molecule has 3 N–H and O–H groups in total. The summed E-state index contributed by atoms with van der Waals surface area (Å²) < 4.78 is 18.7. The number of halogens is 1. The molecule has 0 saturated heterocycles. The van der Waals surface area contributed by atoms with Crippen LogP contribution in [0.5, 0.6) is 11.5 Å². The molecule has 2 rings (SSSR count). The predicted molar refractivity (Wildman–Crippen MR) is 97.6 cm³/mol. The first kappa shape index (κ1) is 18.6. The van der Waals surface area contributed by atoms with E-state index in [-0.39, 0.29) is 18.1 Å². The van der Waals surface area contributed by atoms with Gasteiger partial charge in [0.25, 0.3) is 0 Å². The van der Waals surface area contributed by atoms with Crippen molar-refractivity contribution < 1.29 is 14.2 Å². The zero-order valence-electron chi connectivity index (χ0n) is 14.6. The highest BCUT2D eigenvalue weighted by Crippen LogP contribution is 2.23. The average Bonchev–Trinajstić information content (AvgIpc) is 2.62. The van der Waals surface area contributed by atoms with Gasteiger partial charge in [-0.3, -0.25) is 0 Å². The van der Waals surface area contributed by atoms with Gasteiger partial charge in [0, 0.05) is 24.7 Å². The molecule has 0 amide bonds. The summed E-state index contributed by atoms with van der Waals surface area (Å²) in [6.45, 7) is 3.52. The van der Waals surface area contributed by atoms with Gasteiger partial charge in [0.2, 0.25) is 0 Å². The minimum absolute atomic E-state index is 0.203. The number of hydrogen-bond acceptors (Lipinski definition) is 3. The summed E-state index contributed by atoms with van der Waals surface area (Å²) in [6.07, 6.45) is 0.625. The monoisotopic (exact) mass is 345 g/mol. The molecular formula is C19H24FN3O2. The molecule has 0 aliphatic rings. The Labute approximate surface area is 147 Å². The van der Waals surface area contributed by atoms with Crippen LogP contribution in [0.2, 0.25) is 0 Å². The summed E-state index contributed by atoms with van der Waals surface area (Å²) in [5.74, 6) is 1.17. The van der Waals surface area contributed by atoms with Gasteiger partial charge in [-0.2, -0.15) is 0 Å². The van der Waals surface area contributed by atoms with Crippen molar-refractivity contribution in [3.8, 4) is 11.5 Å². The number of aliphatic imine (C=N–C) groups is 1. The van der Waals surface area contributed by atoms with Crippen LogP contribution in [0.3, 0.4) is 0 Å². The number of methoxy groups -OCH3 is 1. The Kier molecular flexibility index (Phi) is 7.07. The number of aromatic hydroxyl groups is 1. The molecule has 0 bridgehead atoms. The van der Waals surface area contributed by atoms with Crippen LogP contribution < -0.4 is 15.4 Å². The van der Waals surface area contributed by atoms with Crippen molar-refractivity contribution >= 4 is 5.96 Å². The van der Waals surface area contributed by atoms with Gasteiger partial charge >= 0.3 is 0 Å². The Balaban J connectivity index is 1.93. The van der Waals surface area contributed by atoms with E-state index in [9.17, 15) is 9.50 Å². The Bertz CT molecular complexity index is 720. The number of nitrogens with one attached hydrogen (secondary N) is 2. The van der Waals surface area contributed by atoms with Gasteiger partial charge < -0.3 is 20.5 Å². The third kappa shape index (κ3) is 5.67. The fourth-order valence-corrected chi connectivity index (χ4v) is 2.33. The molecule has 0 atom stereocenters. The molecule has 2 aromatic carbocycles. The number of rotatable bonds is 7. The molecule has 0 spiro atoms. The van der Waals surface area contributed by atoms with E-state index in [1.54, 1.807) is 31.4 Å². The molecule has 25 heavy (non-hydrogen) atoms. The van der Waals surface area contributed by atoms with Gasteiger partial charge in [0.1, 0.15) is 17.3 Å². The third-order valence-corrected chi connectivity index (χ3v) is 3.69. The van der Waals surface area contributed by atoms with Crippen molar-refractivity contribution in [2.75, 3.05) is 20.2 Å². The van der Waals surface area contributed by atoms with Crippen molar-refractivity contribution in [2.45, 2.75) is 19.9 Å². The highest BCUT2D eigenvalue weighted by molar-refractivity contribution is 5.79. The van der Waals surface area contributed by atoms with E-state index in [1.807, 2.05) is 19.1 Å². The number of hydrogen-bond donors (Lipinski definition) is 3. The smallest absolute Gasteiger partial charge is 0.191 e. The van der Waals surface area contributed by atoms with Gasteiger partial charge in [-0.25, -0.2) is 9.38 Å². The molecule has 6 heteroatoms. The maximum Gasteiger partial charge on any atom is 0.191 e. The van der Waals surface area contributed by atoms with Crippen molar-refractivity contribution in [1.29, 1.82) is 0 Å². The SMILES string of the molecule is CCNC(=NCc1ccccc1F)NCCc1ccc(OC)cc1O. The van der Waals surface area contributed by atoms with Crippen LogP contribution in [0.1, 0.15) is 18.1 Å². The van der Waals surface area contributed by atoms with Crippen LogP contribution in [-0.2, 0) is 13.0 Å². The van der Waals surface area contributed by atoms with Crippen LogP contribution in [0, 0.1) is 5.82 Å². The van der Waals surface area contributed by atoms with E-state index in [0.717, 1.165) is 5.56 Å². The van der Waals surface area contributed by atoms with Crippen molar-refractivity contribution in [3.63, 3.8) is 0 Å². The van der Waals surface area contributed by atoms with Gasteiger partial charge in [-0.05, 0) is 31.0 Å². The molecule has 0 aromatic heterocycles. The number of ether oxygens (including phenoxy) is 1. The van der Waals surface area contributed by atoms with Gasteiger partial charge in [-0.1, -0.05) is 24.3 Å². The largest absolute Gasteiger partial charge is 0.508 e. The van der Waals surface area contributed by atoms with E-state index in [4.69, 9.17) is 4.74 Å². The van der Waals surface area contributed by atoms with E-state index in [0.29, 0.717) is 36.8 Å². The van der Waals surface area contributed by atoms with Crippen molar-refractivity contribution in [2.24, 2.45) is 4.99 Å². The minimum Gasteiger partial charge on any atom is -0.508 e. The van der Waals surface area contributed by atoms with E-state index >= 15 is 0 Å². The molecule has 0 saturated carbocycles. The first-order valence-electron chi connectivity index (χ1n) is 8.25. The Morgan fingerprint density at radius 2 is 1.96 bits per heavy atom. The molecule has 0 unspecified atom stereocenters. The first-order chi connectivity index (χ1) is 12.1. The molecule has 0 fully saturated rings. The maximum absolute atomic E-state index is 13.7. The second-order valence-electron chi connectivity index (χ2n) is 5.46. The lowest BCUT2D eigenvalue weighted by atomic mass is 10.1. The van der Waals surface area contributed by atoms with E-state index in [1.165, 1.54) is 6.07 Å². The summed E-state index contributed by atoms with van der Waals surface area (Å²) in [4.78, 5) is 4.40. The highest BCUT2D eigenvalue weighted by atomic mass is 19.1. The van der Waals surface area contributed by atoms with Crippen LogP contribution in [0.4, 0.5) is 4.39 Å². The molecule has 0 radical (unpaired) electrons. The third-order valence-electron chi connectivity index (χ3n) is 3.69. The normalized spacial score (nSPS) is 11.2. The lowest BCUT2D eigenvalue weighted by molar-refractivity contribution is 0.406. The average molecular weight is 345 g/mol. The quantitative estimate of drug-likeness (QED) is 0.533. The van der Waals surface area contributed by atoms with E-state index in [2.05, 4.69) is 15.6 Å².